The maximum Gasteiger partial charge on any atom is 0.121 e. The zero-order valence-corrected chi connectivity index (χ0v) is 16.0. The second-order valence-electron chi connectivity index (χ2n) is 7.25. The Kier molecular flexibility index (Phi) is 7.61. The number of allylic oxidation sites excluding steroid dienone is 2. The van der Waals surface area contributed by atoms with Crippen molar-refractivity contribution in [3.63, 3.8) is 0 Å². The number of hydrogen-bond donors (Lipinski definition) is 0. The van der Waals surface area contributed by atoms with Crippen molar-refractivity contribution >= 4 is 0 Å². The Morgan fingerprint density at radius 1 is 0.913 bits per heavy atom. The molecule has 1 nitrogen and oxygen atoms in total. The van der Waals surface area contributed by atoms with Crippen molar-refractivity contribution in [3.05, 3.63) is 59.4 Å². The van der Waals surface area contributed by atoms with Crippen LogP contribution in [0.5, 0.6) is 0 Å². The van der Waals surface area contributed by atoms with Crippen LogP contribution in [0.25, 0.3) is 0 Å². The fourth-order valence-electron chi connectivity index (χ4n) is 2.87. The van der Waals surface area contributed by atoms with Gasteiger partial charge in [0.1, 0.15) is 6.10 Å². The van der Waals surface area contributed by atoms with Crippen molar-refractivity contribution < 1.29 is 4.74 Å². The summed E-state index contributed by atoms with van der Waals surface area (Å²) in [4.78, 5) is 0. The third kappa shape index (κ3) is 5.27. The van der Waals surface area contributed by atoms with Crippen LogP contribution in [-0.4, -0.2) is 0 Å². The molecule has 0 fully saturated rings. The quantitative estimate of drug-likeness (QED) is 0.363. The maximum atomic E-state index is 5.98. The highest BCUT2D eigenvalue weighted by atomic mass is 16.5. The molecule has 0 radical (unpaired) electrons. The predicted molar refractivity (Wildman–Crippen MR) is 102 cm³/mol. The molecule has 1 atom stereocenters. The number of hydrogen-bond acceptors (Lipinski definition) is 1. The normalized spacial score (nSPS) is 13.3. The van der Waals surface area contributed by atoms with E-state index in [1.54, 1.807) is 0 Å². The molecule has 0 aliphatic carbocycles. The van der Waals surface area contributed by atoms with Gasteiger partial charge in [0.15, 0.2) is 0 Å². The fraction of sp³-hybridized carbons (Fsp3) is 0.545. The lowest BCUT2D eigenvalue weighted by atomic mass is 9.82. The Hall–Kier alpha value is -1.50. The molecule has 128 valence electrons. The average Bonchev–Trinajstić information content (AvgIpc) is 2.49. The first-order valence-corrected chi connectivity index (χ1v) is 8.88. The molecule has 1 aromatic carbocycles. The topological polar surface area (TPSA) is 9.23 Å². The zero-order chi connectivity index (χ0) is 17.6. The van der Waals surface area contributed by atoms with Gasteiger partial charge in [-0.1, -0.05) is 59.8 Å². The molecular weight excluding hydrogens is 280 g/mol. The van der Waals surface area contributed by atoms with Gasteiger partial charge < -0.3 is 4.74 Å². The largest absolute Gasteiger partial charge is 0.494 e. The van der Waals surface area contributed by atoms with E-state index >= 15 is 0 Å². The smallest absolute Gasteiger partial charge is 0.121 e. The first-order chi connectivity index (χ1) is 10.8. The minimum absolute atomic E-state index is 0.0621. The summed E-state index contributed by atoms with van der Waals surface area (Å²) in [6.45, 7) is 19.5. The maximum absolute atomic E-state index is 5.98. The van der Waals surface area contributed by atoms with Crippen molar-refractivity contribution in [1.29, 1.82) is 0 Å². The van der Waals surface area contributed by atoms with Gasteiger partial charge >= 0.3 is 0 Å². The van der Waals surface area contributed by atoms with Crippen LogP contribution in [0.4, 0.5) is 0 Å². The van der Waals surface area contributed by atoms with Crippen molar-refractivity contribution in [2.24, 2.45) is 0 Å². The molecule has 0 amide bonds. The SMILES string of the molecule is C=CC/C=C\OC(C)c1c(C(C)C)cc(C(C)C)cc1C(C)C. The highest BCUT2D eigenvalue weighted by molar-refractivity contribution is 5.44. The second-order valence-corrected chi connectivity index (χ2v) is 7.25. The van der Waals surface area contributed by atoms with Crippen LogP contribution < -0.4 is 0 Å². The van der Waals surface area contributed by atoms with Gasteiger partial charge in [0.25, 0.3) is 0 Å². The molecule has 0 spiro atoms. The lowest BCUT2D eigenvalue weighted by Crippen LogP contribution is -2.10. The van der Waals surface area contributed by atoms with Crippen LogP contribution in [0.1, 0.15) is 101 Å². The minimum atomic E-state index is 0.0621. The lowest BCUT2D eigenvalue weighted by Gasteiger charge is -2.26. The molecule has 0 aromatic heterocycles. The molecule has 0 saturated heterocycles. The summed E-state index contributed by atoms with van der Waals surface area (Å²) < 4.78 is 5.98. The molecule has 0 bridgehead atoms. The average molecular weight is 315 g/mol. The van der Waals surface area contributed by atoms with Gasteiger partial charge in [-0.15, -0.1) is 6.58 Å². The molecule has 0 aliphatic rings. The van der Waals surface area contributed by atoms with Crippen LogP contribution in [0.2, 0.25) is 0 Å². The molecule has 1 aromatic rings. The van der Waals surface area contributed by atoms with Gasteiger partial charge in [-0.3, -0.25) is 0 Å². The fourth-order valence-corrected chi connectivity index (χ4v) is 2.87. The van der Waals surface area contributed by atoms with Gasteiger partial charge in [-0.2, -0.15) is 0 Å². The van der Waals surface area contributed by atoms with E-state index in [-0.39, 0.29) is 6.10 Å². The van der Waals surface area contributed by atoms with E-state index in [4.69, 9.17) is 4.74 Å². The standard InChI is InChI=1S/C22H34O/c1-9-10-11-12-23-18(8)22-20(16(4)5)13-19(15(2)3)14-21(22)17(6)7/h9,11-18H,1,10H2,2-8H3/b12-11-. The van der Waals surface area contributed by atoms with E-state index in [1.165, 1.54) is 22.3 Å². The molecule has 0 saturated carbocycles. The third-order valence-corrected chi connectivity index (χ3v) is 4.27. The van der Waals surface area contributed by atoms with Crippen LogP contribution in [0, 0.1) is 0 Å². The molecule has 1 rings (SSSR count). The van der Waals surface area contributed by atoms with E-state index in [0.29, 0.717) is 17.8 Å². The summed E-state index contributed by atoms with van der Waals surface area (Å²) in [5.41, 5.74) is 5.63. The van der Waals surface area contributed by atoms with Crippen LogP contribution in [0.15, 0.2) is 37.1 Å². The molecule has 1 unspecified atom stereocenters. The first kappa shape index (κ1) is 19.5. The van der Waals surface area contributed by atoms with Crippen molar-refractivity contribution in [2.75, 3.05) is 0 Å². The molecule has 0 heterocycles. The Balaban J connectivity index is 3.33. The van der Waals surface area contributed by atoms with Crippen molar-refractivity contribution in [2.45, 2.75) is 78.7 Å². The molecule has 1 heteroatoms. The Morgan fingerprint density at radius 2 is 1.43 bits per heavy atom. The van der Waals surface area contributed by atoms with Crippen molar-refractivity contribution in [3.8, 4) is 0 Å². The number of benzene rings is 1. The molecular formula is C22H34O. The highest BCUT2D eigenvalue weighted by Gasteiger charge is 2.21. The summed E-state index contributed by atoms with van der Waals surface area (Å²) in [7, 11) is 0. The Morgan fingerprint density at radius 3 is 1.83 bits per heavy atom. The summed E-state index contributed by atoms with van der Waals surface area (Å²) in [6, 6.07) is 4.76. The van der Waals surface area contributed by atoms with E-state index < -0.39 is 0 Å². The van der Waals surface area contributed by atoms with Crippen molar-refractivity contribution in [1.82, 2.24) is 0 Å². The van der Waals surface area contributed by atoms with Gasteiger partial charge in [-0.25, -0.2) is 0 Å². The monoisotopic (exact) mass is 314 g/mol. The van der Waals surface area contributed by atoms with E-state index in [2.05, 4.69) is 67.2 Å². The molecule has 23 heavy (non-hydrogen) atoms. The second kappa shape index (κ2) is 8.96. The van der Waals surface area contributed by atoms with Gasteiger partial charge in [0.05, 0.1) is 6.26 Å². The van der Waals surface area contributed by atoms with E-state index in [9.17, 15) is 0 Å². The van der Waals surface area contributed by atoms with Crippen LogP contribution >= 0.6 is 0 Å². The predicted octanol–water partition coefficient (Wildman–Crippen LogP) is 7.22. The van der Waals surface area contributed by atoms with E-state index in [1.807, 2.05) is 18.4 Å². The summed E-state index contributed by atoms with van der Waals surface area (Å²) >= 11 is 0. The molecule has 0 N–H and O–H groups in total. The van der Waals surface area contributed by atoms with E-state index in [0.717, 1.165) is 6.42 Å². The van der Waals surface area contributed by atoms with Crippen LogP contribution in [-0.2, 0) is 4.74 Å². The first-order valence-electron chi connectivity index (χ1n) is 8.88. The molecule has 0 aliphatic heterocycles. The number of ether oxygens (including phenoxy) is 1. The Labute approximate surface area is 143 Å². The summed E-state index contributed by atoms with van der Waals surface area (Å²) in [5.74, 6) is 1.52. The Bertz CT molecular complexity index is 506. The van der Waals surface area contributed by atoms with Gasteiger partial charge in [-0.05, 0) is 59.4 Å². The summed E-state index contributed by atoms with van der Waals surface area (Å²) in [5, 5.41) is 0. The van der Waals surface area contributed by atoms with Crippen LogP contribution in [0.3, 0.4) is 0 Å². The zero-order valence-electron chi connectivity index (χ0n) is 16.0. The third-order valence-electron chi connectivity index (χ3n) is 4.27. The van der Waals surface area contributed by atoms with Gasteiger partial charge in [0.2, 0.25) is 0 Å². The lowest BCUT2D eigenvalue weighted by molar-refractivity contribution is 0.161. The minimum Gasteiger partial charge on any atom is -0.494 e. The summed E-state index contributed by atoms with van der Waals surface area (Å²) in [6.07, 6.45) is 6.60. The highest BCUT2D eigenvalue weighted by Crippen LogP contribution is 2.36. The van der Waals surface area contributed by atoms with Gasteiger partial charge in [0, 0.05) is 0 Å². The number of rotatable bonds is 8.